The Labute approximate surface area is 116 Å². The van der Waals surface area contributed by atoms with Crippen LogP contribution in [0, 0.1) is 5.92 Å². The lowest BCUT2D eigenvalue weighted by molar-refractivity contribution is 0.318. The fourth-order valence-electron chi connectivity index (χ4n) is 2.65. The van der Waals surface area contributed by atoms with Gasteiger partial charge in [-0.05, 0) is 37.5 Å². The molecule has 5 heteroatoms. The van der Waals surface area contributed by atoms with Crippen LogP contribution in [0.5, 0.6) is 0 Å². The van der Waals surface area contributed by atoms with Crippen LogP contribution in [-0.4, -0.2) is 23.6 Å². The minimum Gasteiger partial charge on any atom is -0.409 e. The number of hydrogen-bond donors (Lipinski definition) is 2. The summed E-state index contributed by atoms with van der Waals surface area (Å²) in [5.41, 5.74) is 7.57. The molecule has 18 heavy (non-hydrogen) atoms. The second kappa shape index (κ2) is 5.18. The molecular formula is C13H18BrN3O. The number of oxime groups is 1. The lowest BCUT2D eigenvalue weighted by atomic mass is 10.1. The van der Waals surface area contributed by atoms with Gasteiger partial charge in [0.1, 0.15) is 0 Å². The highest BCUT2D eigenvalue weighted by molar-refractivity contribution is 9.10. The van der Waals surface area contributed by atoms with E-state index >= 15 is 0 Å². The van der Waals surface area contributed by atoms with E-state index in [-0.39, 0.29) is 5.84 Å². The summed E-state index contributed by atoms with van der Waals surface area (Å²) in [6.07, 6.45) is 1.17. The zero-order valence-corrected chi connectivity index (χ0v) is 12.2. The number of amidine groups is 1. The minimum absolute atomic E-state index is 0.151. The van der Waals surface area contributed by atoms with Gasteiger partial charge < -0.3 is 15.8 Å². The highest BCUT2D eigenvalue weighted by Crippen LogP contribution is 2.32. The van der Waals surface area contributed by atoms with E-state index in [0.29, 0.717) is 12.0 Å². The average Bonchev–Trinajstić information content (AvgIpc) is 2.67. The average molecular weight is 312 g/mol. The summed E-state index contributed by atoms with van der Waals surface area (Å²) in [4.78, 5) is 2.32. The summed E-state index contributed by atoms with van der Waals surface area (Å²) in [5, 5.41) is 12.0. The lowest BCUT2D eigenvalue weighted by Crippen LogP contribution is -2.29. The number of rotatable bonds is 2. The molecule has 1 aromatic rings. The maximum atomic E-state index is 8.89. The van der Waals surface area contributed by atoms with Crippen molar-refractivity contribution in [3.63, 3.8) is 0 Å². The van der Waals surface area contributed by atoms with Crippen LogP contribution >= 0.6 is 15.9 Å². The first kappa shape index (κ1) is 13.2. The van der Waals surface area contributed by atoms with Crippen molar-refractivity contribution in [1.82, 2.24) is 0 Å². The fourth-order valence-corrected chi connectivity index (χ4v) is 3.01. The van der Waals surface area contributed by atoms with E-state index in [1.54, 1.807) is 0 Å². The summed E-state index contributed by atoms with van der Waals surface area (Å²) < 4.78 is 0.924. The Balaban J connectivity index is 2.44. The molecule has 98 valence electrons. The quantitative estimate of drug-likeness (QED) is 0.382. The van der Waals surface area contributed by atoms with E-state index in [1.165, 1.54) is 6.42 Å². The van der Waals surface area contributed by atoms with Gasteiger partial charge >= 0.3 is 0 Å². The lowest BCUT2D eigenvalue weighted by Gasteiger charge is -2.26. The largest absolute Gasteiger partial charge is 0.409 e. The first-order chi connectivity index (χ1) is 8.52. The molecule has 4 nitrogen and oxygen atoms in total. The molecule has 2 atom stereocenters. The number of anilines is 1. The Morgan fingerprint density at radius 3 is 2.78 bits per heavy atom. The maximum Gasteiger partial charge on any atom is 0.172 e. The molecule has 0 aliphatic carbocycles. The molecule has 0 amide bonds. The van der Waals surface area contributed by atoms with Gasteiger partial charge in [-0.1, -0.05) is 28.0 Å². The van der Waals surface area contributed by atoms with Crippen LogP contribution < -0.4 is 10.6 Å². The van der Waals surface area contributed by atoms with Crippen molar-refractivity contribution in [3.8, 4) is 0 Å². The van der Waals surface area contributed by atoms with Gasteiger partial charge in [-0.15, -0.1) is 0 Å². The van der Waals surface area contributed by atoms with Gasteiger partial charge in [0.2, 0.25) is 0 Å². The van der Waals surface area contributed by atoms with E-state index in [9.17, 15) is 0 Å². The number of benzene rings is 1. The van der Waals surface area contributed by atoms with Crippen LogP contribution in [0.1, 0.15) is 25.8 Å². The van der Waals surface area contributed by atoms with Gasteiger partial charge in [0.25, 0.3) is 0 Å². The Morgan fingerprint density at radius 1 is 1.50 bits per heavy atom. The third-order valence-corrected chi connectivity index (χ3v) is 3.93. The summed E-state index contributed by atoms with van der Waals surface area (Å²) >= 11 is 3.42. The maximum absolute atomic E-state index is 8.89. The topological polar surface area (TPSA) is 61.8 Å². The molecular weight excluding hydrogens is 294 g/mol. The molecule has 1 fully saturated rings. The first-order valence-corrected chi connectivity index (χ1v) is 6.86. The van der Waals surface area contributed by atoms with E-state index < -0.39 is 0 Å². The standard InChI is InChI=1S/C13H18BrN3O/c1-8-5-9(2)17(7-8)12-4-3-10(14)6-11(12)13(15)16-18/h3-4,6,8-9,18H,5,7H2,1-2H3,(H2,15,16). The van der Waals surface area contributed by atoms with Crippen LogP contribution in [0.4, 0.5) is 5.69 Å². The number of halogens is 1. The van der Waals surface area contributed by atoms with Crippen LogP contribution in [-0.2, 0) is 0 Å². The summed E-state index contributed by atoms with van der Waals surface area (Å²) in [5.74, 6) is 0.821. The molecule has 2 unspecified atom stereocenters. The summed E-state index contributed by atoms with van der Waals surface area (Å²) in [6.45, 7) is 5.47. The fraction of sp³-hybridized carbons (Fsp3) is 0.462. The molecule has 3 N–H and O–H groups in total. The molecule has 1 aliphatic heterocycles. The van der Waals surface area contributed by atoms with Crippen molar-refractivity contribution in [1.29, 1.82) is 0 Å². The molecule has 1 heterocycles. The van der Waals surface area contributed by atoms with Crippen LogP contribution in [0.3, 0.4) is 0 Å². The van der Waals surface area contributed by atoms with Crippen LogP contribution in [0.25, 0.3) is 0 Å². The molecule has 0 saturated carbocycles. The summed E-state index contributed by atoms with van der Waals surface area (Å²) in [7, 11) is 0. The molecule has 1 aromatic carbocycles. The van der Waals surface area contributed by atoms with Crippen molar-refractivity contribution in [2.75, 3.05) is 11.4 Å². The van der Waals surface area contributed by atoms with E-state index in [1.807, 2.05) is 18.2 Å². The minimum atomic E-state index is 0.151. The molecule has 0 bridgehead atoms. The molecule has 2 rings (SSSR count). The van der Waals surface area contributed by atoms with Gasteiger partial charge in [-0.2, -0.15) is 0 Å². The third kappa shape index (κ3) is 2.46. The second-order valence-corrected chi connectivity index (χ2v) is 5.90. The van der Waals surface area contributed by atoms with Gasteiger partial charge in [0.05, 0.1) is 0 Å². The van der Waals surface area contributed by atoms with E-state index in [0.717, 1.165) is 22.3 Å². The Morgan fingerprint density at radius 2 is 2.22 bits per heavy atom. The zero-order valence-electron chi connectivity index (χ0n) is 10.6. The van der Waals surface area contributed by atoms with Crippen molar-refractivity contribution < 1.29 is 5.21 Å². The summed E-state index contributed by atoms with van der Waals surface area (Å²) in [6, 6.07) is 6.37. The molecule has 1 aliphatic rings. The second-order valence-electron chi connectivity index (χ2n) is 4.99. The van der Waals surface area contributed by atoms with Crippen molar-refractivity contribution >= 4 is 27.5 Å². The SMILES string of the molecule is CC1CC(C)N(c2ccc(Br)cc2/C(N)=N/O)C1. The number of nitrogens with two attached hydrogens (primary N) is 1. The van der Waals surface area contributed by atoms with Crippen LogP contribution in [0.2, 0.25) is 0 Å². The molecule has 1 saturated heterocycles. The highest BCUT2D eigenvalue weighted by Gasteiger charge is 2.28. The zero-order chi connectivity index (χ0) is 13.3. The van der Waals surface area contributed by atoms with Gasteiger partial charge in [-0.25, -0.2) is 0 Å². The van der Waals surface area contributed by atoms with Crippen molar-refractivity contribution in [2.45, 2.75) is 26.3 Å². The van der Waals surface area contributed by atoms with Crippen molar-refractivity contribution in [3.05, 3.63) is 28.2 Å². The third-order valence-electron chi connectivity index (χ3n) is 3.44. The first-order valence-electron chi connectivity index (χ1n) is 6.07. The Kier molecular flexibility index (Phi) is 3.80. The highest BCUT2D eigenvalue weighted by atomic mass is 79.9. The van der Waals surface area contributed by atoms with E-state index in [2.05, 4.69) is 39.8 Å². The molecule has 0 radical (unpaired) electrons. The normalized spacial score (nSPS) is 24.6. The van der Waals surface area contributed by atoms with Gasteiger partial charge in [0.15, 0.2) is 5.84 Å². The number of hydrogen-bond acceptors (Lipinski definition) is 3. The number of nitrogens with zero attached hydrogens (tertiary/aromatic N) is 2. The van der Waals surface area contributed by atoms with Crippen LogP contribution in [0.15, 0.2) is 27.8 Å². The molecule has 0 aromatic heterocycles. The predicted molar refractivity (Wildman–Crippen MR) is 77.2 cm³/mol. The molecule has 0 spiro atoms. The predicted octanol–water partition coefficient (Wildman–Crippen LogP) is 2.78. The van der Waals surface area contributed by atoms with Gasteiger partial charge in [-0.3, -0.25) is 0 Å². The Hall–Kier alpha value is -1.23. The monoisotopic (exact) mass is 311 g/mol. The van der Waals surface area contributed by atoms with E-state index in [4.69, 9.17) is 10.9 Å². The Bertz CT molecular complexity index is 475. The van der Waals surface area contributed by atoms with Gasteiger partial charge in [0, 0.05) is 28.3 Å². The van der Waals surface area contributed by atoms with Crippen molar-refractivity contribution in [2.24, 2.45) is 16.8 Å². The smallest absolute Gasteiger partial charge is 0.172 e.